The third-order valence-electron chi connectivity index (χ3n) is 6.04. The topological polar surface area (TPSA) is 90.1 Å². The highest BCUT2D eigenvalue weighted by atomic mass is 32.1. The minimum absolute atomic E-state index is 0.189. The molecule has 0 radical (unpaired) electrons. The summed E-state index contributed by atoms with van der Waals surface area (Å²) in [6.07, 6.45) is 5.99. The maximum Gasteiger partial charge on any atom is 0.341 e. The van der Waals surface area contributed by atoms with Crippen LogP contribution < -0.4 is 10.2 Å². The summed E-state index contributed by atoms with van der Waals surface area (Å²) in [6.45, 7) is 2.49. The van der Waals surface area contributed by atoms with Crippen molar-refractivity contribution in [2.24, 2.45) is 5.16 Å². The molecule has 1 N–H and O–H groups in total. The van der Waals surface area contributed by atoms with E-state index < -0.39 is 11.4 Å². The minimum atomic E-state index is -1.20. The Morgan fingerprint density at radius 1 is 1.31 bits per heavy atom. The second-order valence-corrected chi connectivity index (χ2v) is 9.31. The van der Waals surface area contributed by atoms with Gasteiger partial charge in [0.25, 0.3) is 0 Å². The standard InChI is InChI=1S/C24H24N2O5S/c1-3-31-25-14-4-9-19-13(10-14)11-20(32-19)16-7-8-17-21(23(16)30-2)26(15-5-6-15)12-18(22(17)27)24(28)29/h7-8,11-12,15H,3-6,9-10H2,1-2H3,(H,28,29). The zero-order valence-electron chi connectivity index (χ0n) is 18.0. The number of benzene rings is 1. The number of fused-ring (bicyclic) bond motifs is 2. The van der Waals surface area contributed by atoms with Gasteiger partial charge in [-0.2, -0.15) is 0 Å². The molecule has 2 aromatic heterocycles. The van der Waals surface area contributed by atoms with Crippen LogP contribution in [-0.4, -0.2) is 35.1 Å². The highest BCUT2D eigenvalue weighted by Gasteiger charge is 2.29. The zero-order chi connectivity index (χ0) is 22.4. The number of ether oxygens (including phenoxy) is 1. The smallest absolute Gasteiger partial charge is 0.341 e. The van der Waals surface area contributed by atoms with E-state index >= 15 is 0 Å². The Morgan fingerprint density at radius 3 is 2.81 bits per heavy atom. The lowest BCUT2D eigenvalue weighted by Gasteiger charge is -2.17. The summed E-state index contributed by atoms with van der Waals surface area (Å²) >= 11 is 1.74. The van der Waals surface area contributed by atoms with Crippen molar-refractivity contribution in [3.63, 3.8) is 0 Å². The molecule has 32 heavy (non-hydrogen) atoms. The van der Waals surface area contributed by atoms with Gasteiger partial charge in [0.15, 0.2) is 5.75 Å². The van der Waals surface area contributed by atoms with Crippen LogP contribution in [0.3, 0.4) is 0 Å². The van der Waals surface area contributed by atoms with Crippen molar-refractivity contribution < 1.29 is 19.5 Å². The maximum absolute atomic E-state index is 12.9. The lowest BCUT2D eigenvalue weighted by atomic mass is 9.96. The molecule has 0 spiro atoms. The molecular weight excluding hydrogens is 428 g/mol. The number of pyridine rings is 1. The first kappa shape index (κ1) is 20.8. The summed E-state index contributed by atoms with van der Waals surface area (Å²) in [4.78, 5) is 32.2. The molecule has 0 amide bonds. The fraction of sp³-hybridized carbons (Fsp3) is 0.375. The molecule has 1 fully saturated rings. The summed E-state index contributed by atoms with van der Waals surface area (Å²) in [5.74, 6) is -0.588. The molecule has 2 heterocycles. The highest BCUT2D eigenvalue weighted by molar-refractivity contribution is 7.15. The molecule has 0 atom stereocenters. The predicted octanol–water partition coefficient (Wildman–Crippen LogP) is 4.65. The van der Waals surface area contributed by atoms with E-state index in [-0.39, 0.29) is 11.6 Å². The number of aromatic nitrogens is 1. The first-order valence-electron chi connectivity index (χ1n) is 10.8. The molecule has 0 aliphatic heterocycles. The van der Waals surface area contributed by atoms with Crippen LogP contribution in [0.15, 0.2) is 34.3 Å². The molecule has 8 heteroatoms. The van der Waals surface area contributed by atoms with Crippen LogP contribution >= 0.6 is 11.3 Å². The van der Waals surface area contributed by atoms with Crippen LogP contribution in [0, 0.1) is 0 Å². The summed E-state index contributed by atoms with van der Waals surface area (Å²) in [6, 6.07) is 5.98. The average molecular weight is 453 g/mol. The number of carboxylic acid groups (broad SMARTS) is 1. The van der Waals surface area contributed by atoms with Gasteiger partial charge in [-0.25, -0.2) is 4.79 Å². The number of hydrogen-bond acceptors (Lipinski definition) is 6. The van der Waals surface area contributed by atoms with Crippen molar-refractivity contribution in [3.05, 3.63) is 50.6 Å². The third kappa shape index (κ3) is 3.48. The predicted molar refractivity (Wildman–Crippen MR) is 124 cm³/mol. The van der Waals surface area contributed by atoms with E-state index in [4.69, 9.17) is 9.57 Å². The first-order chi connectivity index (χ1) is 15.5. The van der Waals surface area contributed by atoms with Crippen LogP contribution in [0.4, 0.5) is 0 Å². The van der Waals surface area contributed by atoms with Crippen LogP contribution in [0.5, 0.6) is 5.75 Å². The Morgan fingerprint density at radius 2 is 2.12 bits per heavy atom. The number of aryl methyl sites for hydroxylation is 1. The molecular formula is C24H24N2O5S. The van der Waals surface area contributed by atoms with Gasteiger partial charge in [-0.15, -0.1) is 11.3 Å². The Balaban J connectivity index is 1.66. The van der Waals surface area contributed by atoms with Gasteiger partial charge in [0, 0.05) is 34.0 Å². The molecule has 2 aliphatic carbocycles. The normalized spacial score (nSPS) is 16.9. The number of nitrogens with zero attached hydrogens (tertiary/aromatic N) is 2. The minimum Gasteiger partial charge on any atom is -0.494 e. The number of rotatable bonds is 6. The molecule has 2 aliphatic rings. The van der Waals surface area contributed by atoms with E-state index in [1.54, 1.807) is 24.5 Å². The number of methoxy groups -OCH3 is 1. The van der Waals surface area contributed by atoms with Gasteiger partial charge in [-0.1, -0.05) is 5.16 Å². The zero-order valence-corrected chi connectivity index (χ0v) is 18.8. The Kier molecular flexibility index (Phi) is 5.25. The third-order valence-corrected chi connectivity index (χ3v) is 7.31. The second kappa shape index (κ2) is 8.09. The van der Waals surface area contributed by atoms with E-state index in [0.29, 0.717) is 23.3 Å². The summed E-state index contributed by atoms with van der Waals surface area (Å²) < 4.78 is 7.77. The van der Waals surface area contributed by atoms with Crippen molar-refractivity contribution in [3.8, 4) is 16.2 Å². The Hall–Kier alpha value is -3.13. The fourth-order valence-electron chi connectivity index (χ4n) is 4.37. The van der Waals surface area contributed by atoms with Crippen molar-refractivity contribution in [1.82, 2.24) is 4.57 Å². The van der Waals surface area contributed by atoms with Gasteiger partial charge in [0.2, 0.25) is 5.43 Å². The Bertz CT molecular complexity index is 1320. The molecule has 7 nitrogen and oxygen atoms in total. The van der Waals surface area contributed by atoms with E-state index in [1.165, 1.54) is 16.6 Å². The second-order valence-electron chi connectivity index (χ2n) is 8.17. The monoisotopic (exact) mass is 452 g/mol. The van der Waals surface area contributed by atoms with E-state index in [2.05, 4.69) is 11.2 Å². The molecule has 3 aromatic rings. The first-order valence-corrected chi connectivity index (χ1v) is 11.6. The SMILES string of the molecule is CCON=C1CCc2sc(-c3ccc4c(=O)c(C(=O)O)cn(C5CC5)c4c3OC)cc2C1. The number of hydrogen-bond donors (Lipinski definition) is 1. The highest BCUT2D eigenvalue weighted by Crippen LogP contribution is 2.45. The van der Waals surface area contributed by atoms with Gasteiger partial charge < -0.3 is 19.2 Å². The molecule has 1 saturated carbocycles. The largest absolute Gasteiger partial charge is 0.494 e. The number of thiophene rings is 1. The summed E-state index contributed by atoms with van der Waals surface area (Å²) in [5, 5.41) is 14.1. The van der Waals surface area contributed by atoms with Crippen molar-refractivity contribution in [2.75, 3.05) is 13.7 Å². The van der Waals surface area contributed by atoms with Crippen molar-refractivity contribution in [1.29, 1.82) is 0 Å². The van der Waals surface area contributed by atoms with Crippen LogP contribution in [-0.2, 0) is 17.7 Å². The van der Waals surface area contributed by atoms with Gasteiger partial charge in [-0.3, -0.25) is 4.79 Å². The summed E-state index contributed by atoms with van der Waals surface area (Å²) in [5.41, 5.74) is 3.21. The lowest BCUT2D eigenvalue weighted by Crippen LogP contribution is -2.19. The van der Waals surface area contributed by atoms with Crippen LogP contribution in [0.2, 0.25) is 0 Å². The average Bonchev–Trinajstić information content (AvgIpc) is 3.55. The molecule has 166 valence electrons. The van der Waals surface area contributed by atoms with E-state index in [9.17, 15) is 14.7 Å². The number of carbonyl (C=O) groups is 1. The fourth-order valence-corrected chi connectivity index (χ4v) is 5.58. The number of oxime groups is 1. The van der Waals surface area contributed by atoms with Crippen LogP contribution in [0.1, 0.15) is 53.0 Å². The molecule has 0 bridgehead atoms. The van der Waals surface area contributed by atoms with Crippen molar-refractivity contribution >= 4 is 33.9 Å². The molecule has 1 aromatic carbocycles. The van der Waals surface area contributed by atoms with Gasteiger partial charge >= 0.3 is 5.97 Å². The lowest BCUT2D eigenvalue weighted by molar-refractivity contribution is 0.0695. The van der Waals surface area contributed by atoms with Gasteiger partial charge in [-0.05, 0) is 56.4 Å². The van der Waals surface area contributed by atoms with Crippen molar-refractivity contribution in [2.45, 2.75) is 45.1 Å². The number of aromatic carboxylic acids is 1. The maximum atomic E-state index is 12.9. The molecule has 5 rings (SSSR count). The van der Waals surface area contributed by atoms with E-state index in [0.717, 1.165) is 48.3 Å². The van der Waals surface area contributed by atoms with E-state index in [1.807, 2.05) is 17.6 Å². The summed E-state index contributed by atoms with van der Waals surface area (Å²) in [7, 11) is 1.60. The van der Waals surface area contributed by atoms with Gasteiger partial charge in [0.05, 0.1) is 23.7 Å². The van der Waals surface area contributed by atoms with Crippen LogP contribution in [0.25, 0.3) is 21.3 Å². The molecule has 0 unspecified atom stereocenters. The quantitative estimate of drug-likeness (QED) is 0.550. The number of carboxylic acids is 1. The van der Waals surface area contributed by atoms with Gasteiger partial charge in [0.1, 0.15) is 12.2 Å². The Labute approximate surface area is 188 Å². The molecule has 0 saturated heterocycles.